The van der Waals surface area contributed by atoms with E-state index < -0.39 is 0 Å². The van der Waals surface area contributed by atoms with Crippen LogP contribution in [0.5, 0.6) is 0 Å². The Bertz CT molecular complexity index is 619. The monoisotopic (exact) mass is 272 g/mol. The third-order valence-electron chi connectivity index (χ3n) is 2.51. The molecule has 7 heteroatoms. The van der Waals surface area contributed by atoms with Crippen LogP contribution in [0.3, 0.4) is 0 Å². The molecule has 0 saturated heterocycles. The molecule has 0 spiro atoms. The molecule has 0 aliphatic heterocycles. The standard InChI is InChI=1S/C12H12N6S/c1-2-4-14-10(3-1)11-16-17-12(19-11)15-6-8-18-7-5-13-9-18/h1-5,7,9H,6,8H2,(H,15,17). The van der Waals surface area contributed by atoms with E-state index in [9.17, 15) is 0 Å². The van der Waals surface area contributed by atoms with Crippen molar-refractivity contribution in [3.63, 3.8) is 0 Å². The minimum absolute atomic E-state index is 0.785. The van der Waals surface area contributed by atoms with Crippen LogP contribution in [0.2, 0.25) is 0 Å². The van der Waals surface area contributed by atoms with Crippen LogP contribution in [0.4, 0.5) is 5.13 Å². The molecule has 96 valence electrons. The molecule has 0 radical (unpaired) electrons. The Labute approximate surface area is 114 Å². The third-order valence-corrected chi connectivity index (χ3v) is 3.42. The van der Waals surface area contributed by atoms with Crippen molar-refractivity contribution < 1.29 is 0 Å². The predicted molar refractivity (Wildman–Crippen MR) is 73.9 cm³/mol. The zero-order valence-corrected chi connectivity index (χ0v) is 10.9. The van der Waals surface area contributed by atoms with Gasteiger partial charge in [0.15, 0.2) is 5.01 Å². The molecule has 0 fully saturated rings. The van der Waals surface area contributed by atoms with E-state index >= 15 is 0 Å². The van der Waals surface area contributed by atoms with Crippen molar-refractivity contribution in [2.24, 2.45) is 0 Å². The summed E-state index contributed by atoms with van der Waals surface area (Å²) in [4.78, 5) is 8.24. The number of pyridine rings is 1. The minimum Gasteiger partial charge on any atom is -0.358 e. The quantitative estimate of drug-likeness (QED) is 0.768. The molecule has 0 atom stereocenters. The summed E-state index contributed by atoms with van der Waals surface area (Å²) in [6.45, 7) is 1.63. The van der Waals surface area contributed by atoms with Crippen molar-refractivity contribution in [1.29, 1.82) is 0 Å². The Morgan fingerprint density at radius 1 is 1.21 bits per heavy atom. The number of rotatable bonds is 5. The lowest BCUT2D eigenvalue weighted by atomic mass is 10.4. The van der Waals surface area contributed by atoms with E-state index in [0.717, 1.165) is 28.9 Å². The highest BCUT2D eigenvalue weighted by molar-refractivity contribution is 7.18. The fraction of sp³-hybridized carbons (Fsp3) is 0.167. The van der Waals surface area contributed by atoms with Gasteiger partial charge >= 0.3 is 0 Å². The Hall–Kier alpha value is -2.28. The molecular formula is C12H12N6S. The topological polar surface area (TPSA) is 68.5 Å². The lowest BCUT2D eigenvalue weighted by Crippen LogP contribution is -2.08. The van der Waals surface area contributed by atoms with Crippen molar-refractivity contribution in [2.75, 3.05) is 11.9 Å². The van der Waals surface area contributed by atoms with Crippen molar-refractivity contribution in [3.8, 4) is 10.7 Å². The number of hydrogen-bond acceptors (Lipinski definition) is 6. The molecule has 0 amide bonds. The maximum absolute atomic E-state index is 4.25. The lowest BCUT2D eigenvalue weighted by molar-refractivity contribution is 0.726. The number of nitrogens with zero attached hydrogens (tertiary/aromatic N) is 5. The number of nitrogens with one attached hydrogen (secondary N) is 1. The second kappa shape index (κ2) is 5.57. The molecule has 0 aromatic carbocycles. The molecule has 0 saturated carbocycles. The van der Waals surface area contributed by atoms with E-state index in [-0.39, 0.29) is 0 Å². The first kappa shape index (κ1) is 11.8. The predicted octanol–water partition coefficient (Wildman–Crippen LogP) is 1.91. The van der Waals surface area contributed by atoms with Crippen molar-refractivity contribution in [2.45, 2.75) is 6.54 Å². The molecule has 0 aliphatic rings. The van der Waals surface area contributed by atoms with Gasteiger partial charge in [0.1, 0.15) is 5.69 Å². The summed E-state index contributed by atoms with van der Waals surface area (Å²) in [6.07, 6.45) is 7.25. The Morgan fingerprint density at radius 2 is 2.21 bits per heavy atom. The van der Waals surface area contributed by atoms with E-state index in [4.69, 9.17) is 0 Å². The summed E-state index contributed by atoms with van der Waals surface area (Å²) in [5.41, 5.74) is 0.850. The van der Waals surface area contributed by atoms with Crippen molar-refractivity contribution in [3.05, 3.63) is 43.1 Å². The Kier molecular flexibility index (Phi) is 3.46. The average molecular weight is 272 g/mol. The first-order valence-corrected chi connectivity index (χ1v) is 6.68. The molecule has 6 nitrogen and oxygen atoms in total. The molecular weight excluding hydrogens is 260 g/mol. The number of anilines is 1. The van der Waals surface area contributed by atoms with Crippen LogP contribution in [0.25, 0.3) is 10.7 Å². The van der Waals surface area contributed by atoms with Crippen LogP contribution in [-0.2, 0) is 6.54 Å². The maximum atomic E-state index is 4.25. The van der Waals surface area contributed by atoms with Gasteiger partial charge in [-0.15, -0.1) is 10.2 Å². The van der Waals surface area contributed by atoms with Crippen LogP contribution in [0.1, 0.15) is 0 Å². The highest BCUT2D eigenvalue weighted by Gasteiger charge is 2.06. The second-order valence-electron chi connectivity index (χ2n) is 3.85. The van der Waals surface area contributed by atoms with Gasteiger partial charge in [-0.05, 0) is 12.1 Å². The molecule has 3 aromatic rings. The van der Waals surface area contributed by atoms with Gasteiger partial charge in [0.25, 0.3) is 0 Å². The maximum Gasteiger partial charge on any atom is 0.206 e. The van der Waals surface area contributed by atoms with Crippen molar-refractivity contribution in [1.82, 2.24) is 24.7 Å². The molecule has 3 aromatic heterocycles. The van der Waals surface area contributed by atoms with Gasteiger partial charge < -0.3 is 9.88 Å². The molecule has 1 N–H and O–H groups in total. The normalized spacial score (nSPS) is 10.5. The van der Waals surface area contributed by atoms with E-state index in [0.29, 0.717) is 0 Å². The molecule has 3 rings (SSSR count). The van der Waals surface area contributed by atoms with Gasteiger partial charge in [-0.3, -0.25) is 4.98 Å². The number of hydrogen-bond donors (Lipinski definition) is 1. The van der Waals surface area contributed by atoms with Gasteiger partial charge in [-0.1, -0.05) is 17.4 Å². The highest BCUT2D eigenvalue weighted by Crippen LogP contribution is 2.23. The van der Waals surface area contributed by atoms with Crippen LogP contribution in [0.15, 0.2) is 43.1 Å². The van der Waals surface area contributed by atoms with Crippen LogP contribution >= 0.6 is 11.3 Å². The first-order valence-electron chi connectivity index (χ1n) is 5.86. The van der Waals surface area contributed by atoms with Gasteiger partial charge in [-0.25, -0.2) is 4.98 Å². The molecule has 3 heterocycles. The van der Waals surface area contributed by atoms with Gasteiger partial charge in [0.05, 0.1) is 6.33 Å². The van der Waals surface area contributed by atoms with E-state index in [1.807, 2.05) is 29.0 Å². The zero-order chi connectivity index (χ0) is 12.9. The summed E-state index contributed by atoms with van der Waals surface area (Å²) >= 11 is 1.50. The molecule has 0 aliphatic carbocycles. The molecule has 19 heavy (non-hydrogen) atoms. The van der Waals surface area contributed by atoms with Gasteiger partial charge in [0.2, 0.25) is 5.13 Å². The highest BCUT2D eigenvalue weighted by atomic mass is 32.1. The van der Waals surface area contributed by atoms with E-state index in [2.05, 4.69) is 25.5 Å². The summed E-state index contributed by atoms with van der Waals surface area (Å²) in [6, 6.07) is 5.75. The summed E-state index contributed by atoms with van der Waals surface area (Å²) in [5.74, 6) is 0. The van der Waals surface area contributed by atoms with E-state index in [1.165, 1.54) is 11.3 Å². The third kappa shape index (κ3) is 2.94. The largest absolute Gasteiger partial charge is 0.358 e. The molecule has 0 bridgehead atoms. The van der Waals surface area contributed by atoms with Crippen LogP contribution in [0, 0.1) is 0 Å². The SMILES string of the molecule is c1ccc(-c2nnc(NCCn3ccnc3)s2)nc1. The second-order valence-corrected chi connectivity index (χ2v) is 4.83. The fourth-order valence-electron chi connectivity index (χ4n) is 1.60. The average Bonchev–Trinajstić information content (AvgIpc) is 3.11. The number of imidazole rings is 1. The van der Waals surface area contributed by atoms with E-state index in [1.54, 1.807) is 18.7 Å². The first-order chi connectivity index (χ1) is 9.42. The summed E-state index contributed by atoms with van der Waals surface area (Å²) < 4.78 is 2.01. The lowest BCUT2D eigenvalue weighted by Gasteiger charge is -2.02. The van der Waals surface area contributed by atoms with Crippen LogP contribution in [-0.4, -0.2) is 31.3 Å². The van der Waals surface area contributed by atoms with Gasteiger partial charge in [-0.2, -0.15) is 0 Å². The zero-order valence-electron chi connectivity index (χ0n) is 10.1. The van der Waals surface area contributed by atoms with Crippen LogP contribution < -0.4 is 5.32 Å². The molecule has 0 unspecified atom stereocenters. The Morgan fingerprint density at radius 3 is 3.00 bits per heavy atom. The minimum atomic E-state index is 0.785. The fourth-order valence-corrected chi connectivity index (χ4v) is 2.34. The Balaban J connectivity index is 1.59. The summed E-state index contributed by atoms with van der Waals surface area (Å²) in [5, 5.41) is 13.1. The number of aromatic nitrogens is 5. The smallest absolute Gasteiger partial charge is 0.206 e. The summed E-state index contributed by atoms with van der Waals surface area (Å²) in [7, 11) is 0. The van der Waals surface area contributed by atoms with Crippen molar-refractivity contribution >= 4 is 16.5 Å². The van der Waals surface area contributed by atoms with Gasteiger partial charge in [0, 0.05) is 31.7 Å².